The highest BCUT2D eigenvalue weighted by Crippen LogP contribution is 2.08. The van der Waals surface area contributed by atoms with Gasteiger partial charge < -0.3 is 0 Å². The molecule has 1 radical (unpaired) electrons. The van der Waals surface area contributed by atoms with Crippen molar-refractivity contribution in [2.45, 2.75) is 71.1 Å². The van der Waals surface area contributed by atoms with Crippen molar-refractivity contribution in [2.75, 3.05) is 0 Å². The highest BCUT2D eigenvalue weighted by Gasteiger charge is 1.88. The van der Waals surface area contributed by atoms with E-state index in [1.165, 1.54) is 51.4 Å². The average molecular weight is 221 g/mol. The monoisotopic (exact) mass is 221 g/mol. The predicted molar refractivity (Wildman–Crippen MR) is 75.5 cm³/mol. The molecular weight excluding hydrogens is 192 g/mol. The quantitative estimate of drug-likeness (QED) is 0.303. The third kappa shape index (κ3) is 13.5. The van der Waals surface area contributed by atoms with Gasteiger partial charge in [0.25, 0.3) is 0 Å². The van der Waals surface area contributed by atoms with Gasteiger partial charge in [-0.2, -0.15) is 0 Å². The normalized spacial score (nSPS) is 11.9. The van der Waals surface area contributed by atoms with E-state index >= 15 is 0 Å². The van der Waals surface area contributed by atoms with Crippen molar-refractivity contribution in [3.05, 3.63) is 31.2 Å². The van der Waals surface area contributed by atoms with Crippen molar-refractivity contribution in [1.82, 2.24) is 0 Å². The fourth-order valence-electron chi connectivity index (χ4n) is 1.69. The largest absolute Gasteiger partial charge is 0.0845 e. The highest BCUT2D eigenvalue weighted by molar-refractivity contribution is 5.02. The van der Waals surface area contributed by atoms with E-state index < -0.39 is 0 Å². The summed E-state index contributed by atoms with van der Waals surface area (Å²) in [7, 11) is 0. The Hall–Kier alpha value is -0.520. The number of hydrogen-bond acceptors (Lipinski definition) is 0. The van der Waals surface area contributed by atoms with Crippen LogP contribution < -0.4 is 0 Å². The summed E-state index contributed by atoms with van der Waals surface area (Å²) in [6.45, 7) is 6.07. The van der Waals surface area contributed by atoms with E-state index in [1.807, 2.05) is 0 Å². The molecule has 0 atom stereocenters. The van der Waals surface area contributed by atoms with Gasteiger partial charge in [-0.15, -0.1) is 0 Å². The van der Waals surface area contributed by atoms with Gasteiger partial charge in [-0.3, -0.25) is 0 Å². The number of hydrogen-bond donors (Lipinski definition) is 0. The van der Waals surface area contributed by atoms with Crippen LogP contribution in [0, 0.1) is 6.92 Å². The fourth-order valence-corrected chi connectivity index (χ4v) is 1.69. The van der Waals surface area contributed by atoms with Crippen LogP contribution in [0.15, 0.2) is 24.3 Å². The third-order valence-electron chi connectivity index (χ3n) is 2.73. The van der Waals surface area contributed by atoms with Crippen LogP contribution >= 0.6 is 0 Å². The Labute approximate surface area is 103 Å². The first-order valence-electron chi connectivity index (χ1n) is 7.02. The summed E-state index contributed by atoms with van der Waals surface area (Å²) in [5, 5.41) is 0. The van der Waals surface area contributed by atoms with Crippen LogP contribution in [0.2, 0.25) is 0 Å². The summed E-state index contributed by atoms with van der Waals surface area (Å²) in [5.74, 6) is 0. The molecule has 0 aromatic rings. The van der Waals surface area contributed by atoms with E-state index in [9.17, 15) is 0 Å². The Kier molecular flexibility index (Phi) is 14.0. The first-order valence-corrected chi connectivity index (χ1v) is 7.02. The number of rotatable bonds is 11. The van der Waals surface area contributed by atoms with Gasteiger partial charge in [0.2, 0.25) is 0 Å². The average Bonchev–Trinajstić information content (AvgIpc) is 2.31. The zero-order valence-electron chi connectivity index (χ0n) is 11.1. The Morgan fingerprint density at radius 1 is 0.750 bits per heavy atom. The molecule has 93 valence electrons. The Bertz CT molecular complexity index is 165. The maximum Gasteiger partial charge on any atom is -0.0348 e. The second-order valence-corrected chi connectivity index (χ2v) is 4.41. The van der Waals surface area contributed by atoms with Crippen LogP contribution in [0.1, 0.15) is 71.1 Å². The molecule has 0 aliphatic rings. The second-order valence-electron chi connectivity index (χ2n) is 4.41. The lowest BCUT2D eigenvalue weighted by molar-refractivity contribution is 0.592. The summed E-state index contributed by atoms with van der Waals surface area (Å²) in [5.41, 5.74) is 0. The van der Waals surface area contributed by atoms with E-state index in [1.54, 1.807) is 0 Å². The van der Waals surface area contributed by atoms with Crippen LogP contribution in [0.3, 0.4) is 0 Å². The zero-order chi connectivity index (χ0) is 11.9. The predicted octanol–water partition coefficient (Wildman–Crippen LogP) is 5.85. The molecule has 0 aliphatic heterocycles. The van der Waals surface area contributed by atoms with Crippen molar-refractivity contribution in [2.24, 2.45) is 0 Å². The summed E-state index contributed by atoms with van der Waals surface area (Å²) in [4.78, 5) is 0. The molecule has 0 saturated heterocycles. The molecule has 0 saturated carbocycles. The highest BCUT2D eigenvalue weighted by atomic mass is 13.9. The van der Waals surface area contributed by atoms with E-state index in [4.69, 9.17) is 0 Å². The van der Waals surface area contributed by atoms with Crippen LogP contribution in [-0.4, -0.2) is 0 Å². The third-order valence-corrected chi connectivity index (χ3v) is 2.73. The smallest absolute Gasteiger partial charge is 0.0348 e. The molecule has 0 spiro atoms. The summed E-state index contributed by atoms with van der Waals surface area (Å²) >= 11 is 0. The van der Waals surface area contributed by atoms with Crippen molar-refractivity contribution in [3.63, 3.8) is 0 Å². The van der Waals surface area contributed by atoms with E-state index in [0.29, 0.717) is 0 Å². The van der Waals surface area contributed by atoms with Crippen LogP contribution in [0.5, 0.6) is 0 Å². The maximum atomic E-state index is 3.80. The fraction of sp³-hybridized carbons (Fsp3) is 0.688. The molecule has 0 bridgehead atoms. The van der Waals surface area contributed by atoms with Gasteiger partial charge in [-0.1, -0.05) is 76.7 Å². The SMILES string of the molecule is [CH2]CCC=CC=CCCCCCCCCC. The number of unbranched alkanes of at least 4 members (excludes halogenated alkanes) is 8. The lowest BCUT2D eigenvalue weighted by atomic mass is 10.1. The Morgan fingerprint density at radius 2 is 1.31 bits per heavy atom. The van der Waals surface area contributed by atoms with Crippen LogP contribution in [0.25, 0.3) is 0 Å². The standard InChI is InChI=1S/C16H29/c1-3-5-7-9-11-13-15-16-14-12-10-8-6-4-2/h7,9,11,13H,1,3-6,8,10,12,14-16H2,2H3. The Morgan fingerprint density at radius 3 is 1.94 bits per heavy atom. The minimum Gasteiger partial charge on any atom is -0.0845 e. The van der Waals surface area contributed by atoms with Crippen molar-refractivity contribution in [3.8, 4) is 0 Å². The lowest BCUT2D eigenvalue weighted by Gasteiger charge is -1.98. The van der Waals surface area contributed by atoms with Crippen molar-refractivity contribution >= 4 is 0 Å². The molecule has 0 aromatic heterocycles. The first kappa shape index (κ1) is 15.5. The summed E-state index contributed by atoms with van der Waals surface area (Å²) in [6, 6.07) is 0. The molecule has 0 aliphatic carbocycles. The minimum absolute atomic E-state index is 1.00. The van der Waals surface area contributed by atoms with Crippen LogP contribution in [-0.2, 0) is 0 Å². The van der Waals surface area contributed by atoms with Gasteiger partial charge in [0, 0.05) is 0 Å². The molecule has 0 fully saturated rings. The van der Waals surface area contributed by atoms with E-state index in [-0.39, 0.29) is 0 Å². The molecule has 0 N–H and O–H groups in total. The van der Waals surface area contributed by atoms with Gasteiger partial charge in [-0.05, 0) is 25.7 Å². The molecule has 0 rings (SSSR count). The zero-order valence-corrected chi connectivity index (χ0v) is 11.1. The van der Waals surface area contributed by atoms with E-state index in [2.05, 4.69) is 38.2 Å². The molecule has 0 heterocycles. The maximum absolute atomic E-state index is 3.80. The molecular formula is C16H29. The van der Waals surface area contributed by atoms with Gasteiger partial charge in [0.15, 0.2) is 0 Å². The van der Waals surface area contributed by atoms with Crippen molar-refractivity contribution < 1.29 is 0 Å². The summed E-state index contributed by atoms with van der Waals surface area (Å²) < 4.78 is 0. The van der Waals surface area contributed by atoms with E-state index in [0.717, 1.165) is 12.8 Å². The minimum atomic E-state index is 1.00. The Balaban J connectivity index is 3.08. The second kappa shape index (κ2) is 14.5. The van der Waals surface area contributed by atoms with Gasteiger partial charge in [0.1, 0.15) is 0 Å². The molecule has 0 amide bonds. The topological polar surface area (TPSA) is 0 Å². The van der Waals surface area contributed by atoms with Crippen molar-refractivity contribution in [1.29, 1.82) is 0 Å². The molecule has 0 unspecified atom stereocenters. The molecule has 0 heteroatoms. The van der Waals surface area contributed by atoms with Crippen LogP contribution in [0.4, 0.5) is 0 Å². The molecule has 16 heavy (non-hydrogen) atoms. The molecule has 0 aromatic carbocycles. The van der Waals surface area contributed by atoms with Gasteiger partial charge in [-0.25, -0.2) is 0 Å². The number of allylic oxidation sites excluding steroid dienone is 4. The van der Waals surface area contributed by atoms with Gasteiger partial charge >= 0.3 is 0 Å². The lowest BCUT2D eigenvalue weighted by Crippen LogP contribution is -1.78. The summed E-state index contributed by atoms with van der Waals surface area (Å²) in [6.07, 6.45) is 21.9. The molecule has 0 nitrogen and oxygen atoms in total. The first-order chi connectivity index (χ1) is 7.91. The van der Waals surface area contributed by atoms with Gasteiger partial charge in [0.05, 0.1) is 0 Å².